The molecule has 0 amide bonds. The molecule has 10 nitrogen and oxygen atoms in total. The van der Waals surface area contributed by atoms with Gasteiger partial charge in [0.25, 0.3) is 0 Å². The zero-order valence-corrected chi connectivity index (χ0v) is 20.1. The minimum atomic E-state index is -5.07. The molecule has 0 aromatic carbocycles. The number of anilines is 3. The minimum Gasteiger partial charge on any atom is -0.457 e. The van der Waals surface area contributed by atoms with Gasteiger partial charge in [-0.05, 0) is 12.0 Å². The Bertz CT molecular complexity index is 1080. The number of carbonyl (C=O) groups excluding carboxylic acids is 1. The van der Waals surface area contributed by atoms with Crippen LogP contribution in [0.2, 0.25) is 0 Å². The van der Waals surface area contributed by atoms with Gasteiger partial charge >= 0.3 is 12.1 Å². The van der Waals surface area contributed by atoms with Crippen molar-refractivity contribution in [1.82, 2.24) is 20.2 Å². The fourth-order valence-corrected chi connectivity index (χ4v) is 5.20. The smallest absolute Gasteiger partial charge is 0.457 e. The molecule has 1 unspecified atom stereocenters. The number of ether oxygens (including phenoxy) is 1. The Morgan fingerprint density at radius 2 is 1.89 bits per heavy atom. The third kappa shape index (κ3) is 5.80. The van der Waals surface area contributed by atoms with Gasteiger partial charge in [0.2, 0.25) is 5.95 Å². The van der Waals surface area contributed by atoms with E-state index in [1.807, 2.05) is 11.0 Å². The number of alkyl halides is 3. The van der Waals surface area contributed by atoms with E-state index in [-0.39, 0.29) is 5.92 Å². The van der Waals surface area contributed by atoms with Gasteiger partial charge in [-0.25, -0.2) is 9.78 Å². The summed E-state index contributed by atoms with van der Waals surface area (Å²) in [5.41, 5.74) is 1.63. The molecule has 2 aromatic rings. The number of nitrogens with zero attached hydrogens (tertiary/aromatic N) is 6. The van der Waals surface area contributed by atoms with Crippen LogP contribution in [-0.2, 0) is 26.8 Å². The number of nitrogens with one attached hydrogen (secondary N) is 1. The van der Waals surface area contributed by atoms with Crippen LogP contribution in [0.5, 0.6) is 0 Å². The van der Waals surface area contributed by atoms with E-state index in [0.717, 1.165) is 5.69 Å². The maximum Gasteiger partial charge on any atom is 0.490 e. The number of hydrogen-bond donors (Lipinski definition) is 1. The molecular weight excluding hydrogens is 487 g/mol. The number of piperazine rings is 1. The number of carbonyl (C=O) groups is 1. The first-order chi connectivity index (χ1) is 16.6. The van der Waals surface area contributed by atoms with Crippen LogP contribution in [0.15, 0.2) is 23.4 Å². The summed E-state index contributed by atoms with van der Waals surface area (Å²) in [5, 5.41) is 10.8. The largest absolute Gasteiger partial charge is 0.490 e. The maximum absolute atomic E-state index is 12.6. The molecule has 4 heterocycles. The van der Waals surface area contributed by atoms with Crippen molar-refractivity contribution in [3.63, 3.8) is 0 Å². The number of rotatable bonds is 7. The van der Waals surface area contributed by atoms with Crippen LogP contribution >= 0.6 is 0 Å². The highest BCUT2D eigenvalue weighted by atomic mass is 32.2. The lowest BCUT2D eigenvalue weighted by Crippen LogP contribution is -2.47. The standard InChI is InChI=1S/C21H26F3N7O3S/c1-13(2)16(12-34-19(32)21(22,23)24)27-18-17-15(4-10-35(17)33)28-20(29-18)31-8-6-30(7-9-31)14-3-5-25-26-11-14/h3,5,11,13,16H,4,6-10,12H2,1-2H3,(H,27,28,29)/t16-,35?/m0/s1. The van der Waals surface area contributed by atoms with E-state index in [1.54, 1.807) is 26.2 Å². The molecule has 2 aliphatic heterocycles. The van der Waals surface area contributed by atoms with E-state index in [1.165, 1.54) is 0 Å². The average molecular weight is 514 g/mol. The average Bonchev–Trinajstić information content (AvgIpc) is 3.22. The number of hydrogen-bond acceptors (Lipinski definition) is 10. The van der Waals surface area contributed by atoms with E-state index in [9.17, 15) is 22.2 Å². The Morgan fingerprint density at radius 3 is 2.51 bits per heavy atom. The topological polar surface area (TPSA) is 113 Å². The van der Waals surface area contributed by atoms with Gasteiger partial charge in [-0.3, -0.25) is 4.21 Å². The second-order valence-electron chi connectivity index (χ2n) is 8.61. The Balaban J connectivity index is 1.52. The van der Waals surface area contributed by atoms with Crippen LogP contribution in [-0.4, -0.2) is 81.1 Å². The van der Waals surface area contributed by atoms with Crippen molar-refractivity contribution in [2.45, 2.75) is 37.4 Å². The number of esters is 1. The molecule has 14 heteroatoms. The van der Waals surface area contributed by atoms with Crippen LogP contribution in [0.25, 0.3) is 0 Å². The minimum absolute atomic E-state index is 0.197. The fraction of sp³-hybridized carbons (Fsp3) is 0.571. The summed E-state index contributed by atoms with van der Waals surface area (Å²) < 4.78 is 54.9. The summed E-state index contributed by atoms with van der Waals surface area (Å²) in [7, 11) is -1.32. The zero-order chi connectivity index (χ0) is 25.2. The van der Waals surface area contributed by atoms with Gasteiger partial charge < -0.3 is 19.9 Å². The molecule has 0 aliphatic carbocycles. The summed E-state index contributed by atoms with van der Waals surface area (Å²) >= 11 is 0. The van der Waals surface area contributed by atoms with Crippen molar-refractivity contribution in [2.24, 2.45) is 5.92 Å². The molecule has 4 rings (SSSR count). The molecule has 0 saturated carbocycles. The predicted octanol–water partition coefficient (Wildman–Crippen LogP) is 1.80. The Labute approximate surface area is 202 Å². The molecule has 2 atom stereocenters. The first kappa shape index (κ1) is 25.1. The summed E-state index contributed by atoms with van der Waals surface area (Å²) in [6.45, 7) is 5.76. The molecule has 2 aliphatic rings. The summed E-state index contributed by atoms with van der Waals surface area (Å²) in [6, 6.07) is 1.23. The molecule has 0 radical (unpaired) electrons. The van der Waals surface area contributed by atoms with Gasteiger partial charge in [-0.1, -0.05) is 13.8 Å². The van der Waals surface area contributed by atoms with Gasteiger partial charge in [0.15, 0.2) is 0 Å². The Hall–Kier alpha value is -3.03. The van der Waals surface area contributed by atoms with E-state index >= 15 is 0 Å². The lowest BCUT2D eigenvalue weighted by Gasteiger charge is -2.36. The second-order valence-corrected chi connectivity index (χ2v) is 10.1. The van der Waals surface area contributed by atoms with Crippen molar-refractivity contribution in [3.05, 3.63) is 24.2 Å². The molecular formula is C21H26F3N7O3S. The molecule has 0 bridgehead atoms. The van der Waals surface area contributed by atoms with Crippen LogP contribution in [0.1, 0.15) is 19.5 Å². The fourth-order valence-electron chi connectivity index (χ4n) is 3.88. The summed E-state index contributed by atoms with van der Waals surface area (Å²) in [5.74, 6) is -1.27. The van der Waals surface area contributed by atoms with Gasteiger partial charge in [0.1, 0.15) is 17.3 Å². The van der Waals surface area contributed by atoms with Gasteiger partial charge in [-0.2, -0.15) is 28.4 Å². The highest BCUT2D eigenvalue weighted by molar-refractivity contribution is 7.85. The second kappa shape index (κ2) is 10.3. The monoisotopic (exact) mass is 513 g/mol. The lowest BCUT2D eigenvalue weighted by atomic mass is 10.1. The third-order valence-corrected chi connectivity index (χ3v) is 7.38. The van der Waals surface area contributed by atoms with Crippen molar-refractivity contribution in [2.75, 3.05) is 53.7 Å². The van der Waals surface area contributed by atoms with Gasteiger partial charge in [0.05, 0.1) is 40.6 Å². The van der Waals surface area contributed by atoms with Crippen molar-refractivity contribution < 1.29 is 26.9 Å². The first-order valence-corrected chi connectivity index (χ1v) is 12.5. The molecule has 0 spiro atoms. The van der Waals surface area contributed by atoms with E-state index in [0.29, 0.717) is 60.7 Å². The van der Waals surface area contributed by atoms with Crippen LogP contribution in [0, 0.1) is 5.92 Å². The predicted molar refractivity (Wildman–Crippen MR) is 123 cm³/mol. The molecule has 1 saturated heterocycles. The molecule has 190 valence electrons. The molecule has 2 aromatic heterocycles. The number of aryl methyl sites for hydroxylation is 1. The summed E-state index contributed by atoms with van der Waals surface area (Å²) in [4.78, 5) is 25.1. The summed E-state index contributed by atoms with van der Waals surface area (Å²) in [6.07, 6.45) is -1.21. The Kier molecular flexibility index (Phi) is 7.38. The van der Waals surface area contributed by atoms with Crippen LogP contribution < -0.4 is 15.1 Å². The highest BCUT2D eigenvalue weighted by Crippen LogP contribution is 2.31. The lowest BCUT2D eigenvalue weighted by molar-refractivity contribution is -0.200. The number of aromatic nitrogens is 4. The van der Waals surface area contributed by atoms with Crippen LogP contribution in [0.3, 0.4) is 0 Å². The van der Waals surface area contributed by atoms with E-state index in [2.05, 4.69) is 35.1 Å². The molecule has 1 N–H and O–H groups in total. The van der Waals surface area contributed by atoms with Crippen molar-refractivity contribution in [1.29, 1.82) is 0 Å². The van der Waals surface area contributed by atoms with E-state index in [4.69, 9.17) is 0 Å². The normalized spacial score (nSPS) is 19.0. The Morgan fingerprint density at radius 1 is 1.17 bits per heavy atom. The molecule has 35 heavy (non-hydrogen) atoms. The maximum atomic E-state index is 12.6. The van der Waals surface area contributed by atoms with Gasteiger partial charge in [0, 0.05) is 38.4 Å². The quantitative estimate of drug-likeness (QED) is 0.550. The molecule has 1 fully saturated rings. The van der Waals surface area contributed by atoms with E-state index < -0.39 is 35.6 Å². The van der Waals surface area contributed by atoms with Crippen molar-refractivity contribution in [3.8, 4) is 0 Å². The first-order valence-electron chi connectivity index (χ1n) is 11.2. The highest BCUT2D eigenvalue weighted by Gasteiger charge is 2.41. The third-order valence-electron chi connectivity index (χ3n) is 5.92. The zero-order valence-electron chi connectivity index (χ0n) is 19.3. The number of fused-ring (bicyclic) bond motifs is 1. The SMILES string of the molecule is CC(C)[C@H](COC(=O)C(F)(F)F)Nc1nc(N2CCN(c3ccnnc3)CC2)nc2c1S(=O)CC2. The number of halogens is 3. The van der Waals surface area contributed by atoms with Gasteiger partial charge in [-0.15, -0.1) is 0 Å². The van der Waals surface area contributed by atoms with Crippen LogP contribution in [0.4, 0.5) is 30.6 Å². The van der Waals surface area contributed by atoms with Crippen molar-refractivity contribution >= 4 is 34.2 Å².